The monoisotopic (exact) mass is 372 g/mol. The highest BCUT2D eigenvalue weighted by Crippen LogP contribution is 2.37. The smallest absolute Gasteiger partial charge is 0.262 e. The molecule has 1 aliphatic carbocycles. The largest absolute Gasteiger partial charge is 0.483 e. The third-order valence-corrected chi connectivity index (χ3v) is 6.00. The molecule has 6 heteroatoms. The molecule has 0 saturated carbocycles. The van der Waals surface area contributed by atoms with E-state index in [9.17, 15) is 9.59 Å². The minimum atomic E-state index is -0.481. The Morgan fingerprint density at radius 3 is 2.65 bits per heavy atom. The van der Waals surface area contributed by atoms with Gasteiger partial charge in [-0.1, -0.05) is 6.07 Å². The maximum atomic E-state index is 12.4. The van der Waals surface area contributed by atoms with E-state index < -0.39 is 5.91 Å². The molecule has 0 unspecified atom stereocenters. The molecule has 3 N–H and O–H groups in total. The van der Waals surface area contributed by atoms with E-state index in [1.165, 1.54) is 11.3 Å². The molecule has 0 aliphatic heterocycles. The molecule has 138 valence electrons. The Bertz CT molecular complexity index is 870. The van der Waals surface area contributed by atoms with E-state index in [1.54, 1.807) is 0 Å². The normalized spacial score (nSPS) is 13.2. The van der Waals surface area contributed by atoms with Crippen LogP contribution in [0.5, 0.6) is 5.75 Å². The summed E-state index contributed by atoms with van der Waals surface area (Å²) >= 11 is 1.46. The molecule has 26 heavy (non-hydrogen) atoms. The maximum Gasteiger partial charge on any atom is 0.262 e. The van der Waals surface area contributed by atoms with Crippen molar-refractivity contribution in [1.82, 2.24) is 0 Å². The van der Waals surface area contributed by atoms with Gasteiger partial charge in [0.25, 0.3) is 11.8 Å². The number of fused-ring (bicyclic) bond motifs is 1. The SMILES string of the molecule is Cc1cc(C)c(C)c(OCC(=O)Nc2sc3c(c2C(N)=O)CCCC3)c1. The molecule has 1 aliphatic rings. The van der Waals surface area contributed by atoms with Gasteiger partial charge in [-0.2, -0.15) is 0 Å². The molecule has 3 rings (SSSR count). The second kappa shape index (κ2) is 7.50. The number of carbonyl (C=O) groups excluding carboxylic acids is 2. The van der Waals surface area contributed by atoms with E-state index >= 15 is 0 Å². The lowest BCUT2D eigenvalue weighted by molar-refractivity contribution is -0.118. The Hall–Kier alpha value is -2.34. The predicted molar refractivity (Wildman–Crippen MR) is 104 cm³/mol. The highest BCUT2D eigenvalue weighted by atomic mass is 32.1. The molecule has 0 fully saturated rings. The number of amides is 2. The number of hydrogen-bond acceptors (Lipinski definition) is 4. The summed E-state index contributed by atoms with van der Waals surface area (Å²) in [6, 6.07) is 4.01. The quantitative estimate of drug-likeness (QED) is 0.840. The average Bonchev–Trinajstić information content (AvgIpc) is 2.94. The van der Waals surface area contributed by atoms with Crippen molar-refractivity contribution in [3.63, 3.8) is 0 Å². The molecule has 2 aromatic rings. The van der Waals surface area contributed by atoms with Crippen molar-refractivity contribution >= 4 is 28.2 Å². The molecule has 1 aromatic heterocycles. The molecular weight excluding hydrogens is 348 g/mol. The van der Waals surface area contributed by atoms with Gasteiger partial charge in [-0.25, -0.2) is 0 Å². The first-order chi connectivity index (χ1) is 12.4. The number of rotatable bonds is 5. The number of benzene rings is 1. The number of nitrogens with one attached hydrogen (secondary N) is 1. The Kier molecular flexibility index (Phi) is 5.32. The van der Waals surface area contributed by atoms with Crippen LogP contribution < -0.4 is 15.8 Å². The number of carbonyl (C=O) groups is 2. The van der Waals surface area contributed by atoms with Crippen LogP contribution in [0.4, 0.5) is 5.00 Å². The first kappa shape index (κ1) is 18.5. The number of aryl methyl sites for hydroxylation is 3. The second-order valence-electron chi connectivity index (χ2n) is 6.82. The molecule has 0 spiro atoms. The number of hydrogen-bond donors (Lipinski definition) is 2. The van der Waals surface area contributed by atoms with Gasteiger partial charge < -0.3 is 15.8 Å². The summed E-state index contributed by atoms with van der Waals surface area (Å²) < 4.78 is 5.71. The van der Waals surface area contributed by atoms with Crippen molar-refractivity contribution in [3.8, 4) is 5.75 Å². The molecule has 0 saturated heterocycles. The van der Waals surface area contributed by atoms with Crippen molar-refractivity contribution in [2.75, 3.05) is 11.9 Å². The van der Waals surface area contributed by atoms with E-state index in [4.69, 9.17) is 10.5 Å². The van der Waals surface area contributed by atoms with Crippen LogP contribution in [0.3, 0.4) is 0 Å². The van der Waals surface area contributed by atoms with Gasteiger partial charge in [0, 0.05) is 4.88 Å². The molecular formula is C20H24N2O3S. The maximum absolute atomic E-state index is 12.4. The Morgan fingerprint density at radius 1 is 1.19 bits per heavy atom. The van der Waals surface area contributed by atoms with Crippen molar-refractivity contribution in [2.24, 2.45) is 5.73 Å². The molecule has 0 bridgehead atoms. The zero-order valence-electron chi connectivity index (χ0n) is 15.4. The number of nitrogens with two attached hydrogens (primary N) is 1. The van der Waals surface area contributed by atoms with Gasteiger partial charge in [0.1, 0.15) is 10.8 Å². The van der Waals surface area contributed by atoms with Crippen LogP contribution in [-0.4, -0.2) is 18.4 Å². The summed E-state index contributed by atoms with van der Waals surface area (Å²) in [4.78, 5) is 25.4. The van der Waals surface area contributed by atoms with Crippen molar-refractivity contribution in [2.45, 2.75) is 46.5 Å². The molecule has 0 atom stereocenters. The fourth-order valence-electron chi connectivity index (χ4n) is 3.37. The lowest BCUT2D eigenvalue weighted by Gasteiger charge is -2.12. The summed E-state index contributed by atoms with van der Waals surface area (Å²) in [6.45, 7) is 5.88. The minimum absolute atomic E-state index is 0.107. The van der Waals surface area contributed by atoms with Crippen molar-refractivity contribution in [3.05, 3.63) is 44.8 Å². The van der Waals surface area contributed by atoms with E-state index in [0.717, 1.165) is 52.8 Å². The number of thiophene rings is 1. The van der Waals surface area contributed by atoms with Gasteiger partial charge in [-0.05, 0) is 74.8 Å². The summed E-state index contributed by atoms with van der Waals surface area (Å²) in [5.41, 5.74) is 10.3. The van der Waals surface area contributed by atoms with Gasteiger partial charge in [-0.3, -0.25) is 9.59 Å². The van der Waals surface area contributed by atoms with E-state index in [0.29, 0.717) is 16.3 Å². The van der Waals surface area contributed by atoms with E-state index in [2.05, 4.69) is 11.4 Å². The fourth-order valence-corrected chi connectivity index (χ4v) is 4.68. The summed E-state index contributed by atoms with van der Waals surface area (Å²) in [7, 11) is 0. The van der Waals surface area contributed by atoms with Crippen molar-refractivity contribution < 1.29 is 14.3 Å². The van der Waals surface area contributed by atoms with Gasteiger partial charge in [0.05, 0.1) is 5.56 Å². The van der Waals surface area contributed by atoms with Crippen LogP contribution >= 0.6 is 11.3 Å². The van der Waals surface area contributed by atoms with Gasteiger partial charge >= 0.3 is 0 Å². The zero-order valence-corrected chi connectivity index (χ0v) is 16.2. The molecule has 1 aromatic carbocycles. The van der Waals surface area contributed by atoms with Crippen molar-refractivity contribution in [1.29, 1.82) is 0 Å². The lowest BCUT2D eigenvalue weighted by Crippen LogP contribution is -2.22. The fraction of sp³-hybridized carbons (Fsp3) is 0.400. The van der Waals surface area contributed by atoms with Gasteiger partial charge in [-0.15, -0.1) is 11.3 Å². The van der Waals surface area contributed by atoms with Crippen LogP contribution in [0.25, 0.3) is 0 Å². The van der Waals surface area contributed by atoms with Crippen LogP contribution in [0.15, 0.2) is 12.1 Å². The number of ether oxygens (including phenoxy) is 1. The second-order valence-corrected chi connectivity index (χ2v) is 7.93. The zero-order chi connectivity index (χ0) is 18.8. The average molecular weight is 372 g/mol. The Balaban J connectivity index is 1.73. The summed E-state index contributed by atoms with van der Waals surface area (Å²) in [5.74, 6) is -0.0614. The highest BCUT2D eigenvalue weighted by Gasteiger charge is 2.25. The van der Waals surface area contributed by atoms with Crippen LogP contribution in [0.1, 0.15) is 50.3 Å². The topological polar surface area (TPSA) is 81.4 Å². The standard InChI is InChI=1S/C20H24N2O3S/c1-11-8-12(2)13(3)15(9-11)25-10-17(23)22-20-18(19(21)24)14-6-4-5-7-16(14)26-20/h8-9H,4-7,10H2,1-3H3,(H2,21,24)(H,22,23). The molecule has 1 heterocycles. The number of primary amides is 1. The highest BCUT2D eigenvalue weighted by molar-refractivity contribution is 7.17. The van der Waals surface area contributed by atoms with Gasteiger partial charge in [0.2, 0.25) is 0 Å². The predicted octanol–water partition coefficient (Wildman–Crippen LogP) is 3.67. The first-order valence-corrected chi connectivity index (χ1v) is 9.63. The van der Waals surface area contributed by atoms with E-state index in [-0.39, 0.29) is 12.5 Å². The molecule has 2 amide bonds. The summed E-state index contributed by atoms with van der Waals surface area (Å²) in [6.07, 6.45) is 3.94. The van der Waals surface area contributed by atoms with Gasteiger partial charge in [0.15, 0.2) is 6.61 Å². The van der Waals surface area contributed by atoms with Crippen LogP contribution in [0, 0.1) is 20.8 Å². The Labute approximate surface area is 157 Å². The summed E-state index contributed by atoms with van der Waals surface area (Å²) in [5, 5.41) is 3.37. The molecule has 5 nitrogen and oxygen atoms in total. The van der Waals surface area contributed by atoms with Crippen LogP contribution in [0.2, 0.25) is 0 Å². The van der Waals surface area contributed by atoms with E-state index in [1.807, 2.05) is 26.8 Å². The van der Waals surface area contributed by atoms with Crippen LogP contribution in [-0.2, 0) is 17.6 Å². The third kappa shape index (κ3) is 3.75. The third-order valence-electron chi connectivity index (χ3n) is 4.79. The lowest BCUT2D eigenvalue weighted by atomic mass is 9.95. The number of anilines is 1. The first-order valence-electron chi connectivity index (χ1n) is 8.81. The molecule has 0 radical (unpaired) electrons. The Morgan fingerprint density at radius 2 is 1.92 bits per heavy atom. The minimum Gasteiger partial charge on any atom is -0.483 e.